The molecule has 0 aliphatic carbocycles. The Kier molecular flexibility index (Phi) is 6.30. The Morgan fingerprint density at radius 3 is 2.33 bits per heavy atom. The molecule has 3 aromatic rings. The van der Waals surface area contributed by atoms with Crippen molar-refractivity contribution in [1.82, 2.24) is 4.90 Å². The number of rotatable bonds is 6. The van der Waals surface area contributed by atoms with Crippen molar-refractivity contribution in [2.24, 2.45) is 4.99 Å². The van der Waals surface area contributed by atoms with Gasteiger partial charge in [-0.2, -0.15) is 0 Å². The largest absolute Gasteiger partial charge is 0.493 e. The summed E-state index contributed by atoms with van der Waals surface area (Å²) in [5.41, 5.74) is 2.76. The van der Waals surface area contributed by atoms with Gasteiger partial charge in [0.25, 0.3) is 5.91 Å². The van der Waals surface area contributed by atoms with Gasteiger partial charge in [-0.3, -0.25) is 9.69 Å². The maximum absolute atomic E-state index is 13.3. The number of nitrogens with zero attached hydrogens (tertiary/aromatic N) is 2. The highest BCUT2D eigenvalue weighted by Crippen LogP contribution is 2.36. The van der Waals surface area contributed by atoms with E-state index in [1.165, 1.54) is 11.8 Å². The molecule has 1 aliphatic rings. The number of aliphatic imine (C=N–C) groups is 1. The van der Waals surface area contributed by atoms with Crippen LogP contribution in [-0.4, -0.2) is 22.6 Å². The molecule has 5 heteroatoms. The summed E-state index contributed by atoms with van der Waals surface area (Å²) in [6.45, 7) is 3.00. The first-order valence-electron chi connectivity index (χ1n) is 9.85. The minimum atomic E-state index is -0.0511. The molecule has 30 heavy (non-hydrogen) atoms. The van der Waals surface area contributed by atoms with Crippen LogP contribution in [0.1, 0.15) is 18.1 Å². The van der Waals surface area contributed by atoms with E-state index in [0.29, 0.717) is 23.2 Å². The summed E-state index contributed by atoms with van der Waals surface area (Å²) in [5, 5.41) is 0.676. The standard InChI is InChI=1S/C25H22N2O2S/c1-2-29-22-16-10-9-13-20(22)17-23-24(28)27(18-19-11-5-3-6-12-19)25(30-23)26-21-14-7-4-8-15-21/h3-17H,2,18H2,1H3/b23-17+,26-25?. The molecule has 1 amide bonds. The second-order valence-corrected chi connectivity index (χ2v) is 7.70. The Hall–Kier alpha value is -3.31. The summed E-state index contributed by atoms with van der Waals surface area (Å²) in [7, 11) is 0. The number of para-hydroxylation sites is 2. The van der Waals surface area contributed by atoms with Crippen LogP contribution >= 0.6 is 11.8 Å². The van der Waals surface area contributed by atoms with Crippen molar-refractivity contribution >= 4 is 34.6 Å². The number of hydrogen-bond acceptors (Lipinski definition) is 4. The maximum atomic E-state index is 13.3. The lowest BCUT2D eigenvalue weighted by Crippen LogP contribution is -2.28. The number of hydrogen-bond donors (Lipinski definition) is 0. The molecule has 0 saturated carbocycles. The number of benzene rings is 3. The molecule has 4 rings (SSSR count). The molecule has 0 N–H and O–H groups in total. The van der Waals surface area contributed by atoms with Gasteiger partial charge in [0, 0.05) is 5.56 Å². The smallest absolute Gasteiger partial charge is 0.267 e. The van der Waals surface area contributed by atoms with Crippen molar-refractivity contribution in [1.29, 1.82) is 0 Å². The summed E-state index contributed by atoms with van der Waals surface area (Å²) in [6.07, 6.45) is 1.89. The Bertz CT molecular complexity index is 1080. The van der Waals surface area contributed by atoms with Crippen molar-refractivity contribution in [2.75, 3.05) is 6.61 Å². The number of ether oxygens (including phenoxy) is 1. The molecule has 1 aliphatic heterocycles. The van der Waals surface area contributed by atoms with Crippen LogP contribution in [0.3, 0.4) is 0 Å². The molecular formula is C25H22N2O2S. The number of carbonyl (C=O) groups is 1. The third-order valence-electron chi connectivity index (χ3n) is 4.56. The highest BCUT2D eigenvalue weighted by molar-refractivity contribution is 8.18. The number of thioether (sulfide) groups is 1. The summed E-state index contributed by atoms with van der Waals surface area (Å²) in [6, 6.07) is 27.4. The van der Waals surface area contributed by atoms with Crippen molar-refractivity contribution in [3.63, 3.8) is 0 Å². The molecule has 3 aromatic carbocycles. The molecule has 0 spiro atoms. The van der Waals surface area contributed by atoms with Crippen molar-refractivity contribution in [3.8, 4) is 5.75 Å². The van der Waals surface area contributed by atoms with Crippen LogP contribution in [0.15, 0.2) is 94.8 Å². The molecule has 0 bridgehead atoms. The van der Waals surface area contributed by atoms with Gasteiger partial charge >= 0.3 is 0 Å². The number of amides is 1. The van der Waals surface area contributed by atoms with Gasteiger partial charge in [0.15, 0.2) is 5.17 Å². The fraction of sp³-hybridized carbons (Fsp3) is 0.120. The first-order chi connectivity index (χ1) is 14.7. The topological polar surface area (TPSA) is 41.9 Å². The van der Waals surface area contributed by atoms with Crippen LogP contribution in [-0.2, 0) is 11.3 Å². The van der Waals surface area contributed by atoms with E-state index in [0.717, 1.165) is 22.6 Å². The maximum Gasteiger partial charge on any atom is 0.267 e. The molecule has 150 valence electrons. The van der Waals surface area contributed by atoms with Crippen LogP contribution in [0.5, 0.6) is 5.75 Å². The quantitative estimate of drug-likeness (QED) is 0.472. The average molecular weight is 415 g/mol. The van der Waals surface area contributed by atoms with Crippen LogP contribution in [0.4, 0.5) is 5.69 Å². The number of carbonyl (C=O) groups excluding carboxylic acids is 1. The van der Waals surface area contributed by atoms with Gasteiger partial charge < -0.3 is 4.74 Å². The molecule has 4 nitrogen and oxygen atoms in total. The van der Waals surface area contributed by atoms with Crippen LogP contribution in [0, 0.1) is 0 Å². The van der Waals surface area contributed by atoms with Crippen LogP contribution in [0.25, 0.3) is 6.08 Å². The summed E-state index contributed by atoms with van der Waals surface area (Å²) in [4.78, 5) is 20.4. The third-order valence-corrected chi connectivity index (χ3v) is 5.56. The lowest BCUT2D eigenvalue weighted by atomic mass is 10.1. The summed E-state index contributed by atoms with van der Waals surface area (Å²) in [5.74, 6) is 0.716. The van der Waals surface area contributed by atoms with Gasteiger partial charge in [-0.15, -0.1) is 0 Å². The van der Waals surface area contributed by atoms with Gasteiger partial charge in [0.2, 0.25) is 0 Å². The lowest BCUT2D eigenvalue weighted by Gasteiger charge is -2.15. The molecule has 0 aromatic heterocycles. The monoisotopic (exact) mass is 414 g/mol. The summed E-state index contributed by atoms with van der Waals surface area (Å²) < 4.78 is 5.72. The molecule has 0 unspecified atom stereocenters. The first-order valence-corrected chi connectivity index (χ1v) is 10.7. The van der Waals surface area contributed by atoms with E-state index in [9.17, 15) is 4.79 Å². The van der Waals surface area contributed by atoms with Gasteiger partial charge in [-0.05, 0) is 48.5 Å². The minimum Gasteiger partial charge on any atom is -0.493 e. The van der Waals surface area contributed by atoms with Crippen LogP contribution in [0.2, 0.25) is 0 Å². The second-order valence-electron chi connectivity index (χ2n) is 6.69. The highest BCUT2D eigenvalue weighted by Gasteiger charge is 2.33. The summed E-state index contributed by atoms with van der Waals surface area (Å²) >= 11 is 1.39. The van der Waals surface area contributed by atoms with E-state index < -0.39 is 0 Å². The van der Waals surface area contributed by atoms with E-state index in [1.807, 2.05) is 97.9 Å². The van der Waals surface area contributed by atoms with Crippen LogP contribution < -0.4 is 4.74 Å². The van der Waals surface area contributed by atoms with E-state index in [1.54, 1.807) is 4.90 Å². The Balaban J connectivity index is 1.70. The first kappa shape index (κ1) is 20.0. The highest BCUT2D eigenvalue weighted by atomic mass is 32.2. The van der Waals surface area contributed by atoms with Gasteiger partial charge in [0.1, 0.15) is 5.75 Å². The average Bonchev–Trinajstić information content (AvgIpc) is 3.05. The predicted molar refractivity (Wildman–Crippen MR) is 124 cm³/mol. The Labute approximate surface area is 180 Å². The zero-order chi connectivity index (χ0) is 20.8. The lowest BCUT2D eigenvalue weighted by molar-refractivity contribution is -0.122. The SMILES string of the molecule is CCOc1ccccc1/C=C1/SC(=Nc2ccccc2)N(Cc2ccccc2)C1=O. The zero-order valence-electron chi connectivity index (χ0n) is 16.7. The van der Waals surface area contributed by atoms with E-state index in [4.69, 9.17) is 9.73 Å². The zero-order valence-corrected chi connectivity index (χ0v) is 17.5. The molecule has 1 saturated heterocycles. The fourth-order valence-electron chi connectivity index (χ4n) is 3.14. The molecule has 0 atom stereocenters. The second kappa shape index (κ2) is 9.46. The minimum absolute atomic E-state index is 0.0511. The van der Waals surface area contributed by atoms with Crippen molar-refractivity contribution in [3.05, 3.63) is 101 Å². The van der Waals surface area contributed by atoms with E-state index in [2.05, 4.69) is 0 Å². The number of amidine groups is 1. The van der Waals surface area contributed by atoms with E-state index >= 15 is 0 Å². The third kappa shape index (κ3) is 4.63. The van der Waals surface area contributed by atoms with Crippen molar-refractivity contribution in [2.45, 2.75) is 13.5 Å². The van der Waals surface area contributed by atoms with Gasteiger partial charge in [0.05, 0.1) is 23.7 Å². The molecule has 1 heterocycles. The van der Waals surface area contributed by atoms with Crippen molar-refractivity contribution < 1.29 is 9.53 Å². The van der Waals surface area contributed by atoms with Gasteiger partial charge in [-0.25, -0.2) is 4.99 Å². The predicted octanol–water partition coefficient (Wildman–Crippen LogP) is 5.89. The Morgan fingerprint density at radius 2 is 1.60 bits per heavy atom. The fourth-order valence-corrected chi connectivity index (χ4v) is 4.13. The van der Waals surface area contributed by atoms with E-state index in [-0.39, 0.29) is 5.91 Å². The molecule has 0 radical (unpaired) electrons. The van der Waals surface area contributed by atoms with Gasteiger partial charge in [-0.1, -0.05) is 66.7 Å². The molecular weight excluding hydrogens is 392 g/mol. The Morgan fingerprint density at radius 1 is 0.933 bits per heavy atom. The molecule has 1 fully saturated rings. The normalized spacial score (nSPS) is 16.4.